The monoisotopic (exact) mass is 475 g/mol. The quantitative estimate of drug-likeness (QED) is 0.444. The van der Waals surface area contributed by atoms with E-state index in [4.69, 9.17) is 4.52 Å². The molecule has 1 aliphatic rings. The second-order valence-electron chi connectivity index (χ2n) is 9.10. The van der Waals surface area contributed by atoms with Crippen molar-refractivity contribution in [3.63, 3.8) is 0 Å². The molecular weight excluding hydrogens is 442 g/mol. The van der Waals surface area contributed by atoms with Crippen molar-refractivity contribution >= 4 is 17.5 Å². The maximum Gasteiger partial charge on any atom is 0.253 e. The molecule has 2 N–H and O–H groups in total. The molecule has 0 aliphatic carbocycles. The van der Waals surface area contributed by atoms with Gasteiger partial charge in [-0.2, -0.15) is 4.98 Å². The van der Waals surface area contributed by atoms with E-state index in [1.807, 2.05) is 43.3 Å². The Kier molecular flexibility index (Phi) is 8.26. The molecule has 0 radical (unpaired) electrons. The average Bonchev–Trinajstić information content (AvgIpc) is 3.33. The number of amides is 2. The number of likely N-dealkylation sites (tertiary alicyclic amines) is 1. The van der Waals surface area contributed by atoms with Gasteiger partial charge in [0.05, 0.1) is 23.7 Å². The number of piperidine rings is 1. The zero-order valence-corrected chi connectivity index (χ0v) is 20.4. The lowest BCUT2D eigenvalue weighted by Crippen LogP contribution is -2.40. The van der Waals surface area contributed by atoms with Crippen LogP contribution in [-0.2, 0) is 11.3 Å². The molecule has 3 aromatic rings. The van der Waals surface area contributed by atoms with Crippen LogP contribution < -0.4 is 10.6 Å². The average molecular weight is 476 g/mol. The fraction of sp³-hybridized carbons (Fsp3) is 0.407. The minimum absolute atomic E-state index is 0.0745. The Bertz CT molecular complexity index is 1160. The molecule has 1 aromatic heterocycles. The molecule has 4 rings (SSSR count). The van der Waals surface area contributed by atoms with Crippen molar-refractivity contribution in [2.24, 2.45) is 5.92 Å². The van der Waals surface area contributed by atoms with Gasteiger partial charge in [-0.3, -0.25) is 14.5 Å². The summed E-state index contributed by atoms with van der Waals surface area (Å²) in [5.74, 6) is 0.689. The van der Waals surface area contributed by atoms with E-state index in [0.717, 1.165) is 43.4 Å². The lowest BCUT2D eigenvalue weighted by molar-refractivity contribution is -0.121. The second-order valence-corrected chi connectivity index (χ2v) is 9.10. The van der Waals surface area contributed by atoms with Crippen LogP contribution in [0.1, 0.15) is 54.4 Å². The standard InChI is InChI=1S/C27H33N5O3/c1-3-4-14-28-27(34)22-12-5-6-13-23(22)29-26(33)21-11-8-15-32(17-21)18-24-30-25(31-35-24)20-10-7-9-19(2)16-20/h5-7,9-10,12-13,16,21H,3-4,8,11,14-15,17-18H2,1-2H3,(H,28,34)(H,29,33). The van der Waals surface area contributed by atoms with Crippen LogP contribution in [0.5, 0.6) is 0 Å². The zero-order chi connectivity index (χ0) is 24.6. The smallest absolute Gasteiger partial charge is 0.253 e. The number of rotatable bonds is 9. The van der Waals surface area contributed by atoms with Gasteiger partial charge in [0.25, 0.3) is 5.91 Å². The van der Waals surface area contributed by atoms with Gasteiger partial charge in [-0.15, -0.1) is 0 Å². The SMILES string of the molecule is CCCCNC(=O)c1ccccc1NC(=O)C1CCCN(Cc2nc(-c3cccc(C)c3)no2)C1. The highest BCUT2D eigenvalue weighted by atomic mass is 16.5. The zero-order valence-electron chi connectivity index (χ0n) is 20.4. The van der Waals surface area contributed by atoms with E-state index in [2.05, 4.69) is 32.6 Å². The number of aromatic nitrogens is 2. The molecule has 0 spiro atoms. The molecule has 0 bridgehead atoms. The number of carbonyl (C=O) groups is 2. The van der Waals surface area contributed by atoms with Gasteiger partial charge in [0.15, 0.2) is 0 Å². The molecule has 8 nitrogen and oxygen atoms in total. The van der Waals surface area contributed by atoms with E-state index in [1.165, 1.54) is 0 Å². The van der Waals surface area contributed by atoms with Gasteiger partial charge in [-0.25, -0.2) is 0 Å². The number of aryl methyl sites for hydroxylation is 1. The number of hydrogen-bond donors (Lipinski definition) is 2. The third kappa shape index (κ3) is 6.54. The molecule has 1 unspecified atom stereocenters. The van der Waals surface area contributed by atoms with Gasteiger partial charge in [-0.1, -0.05) is 54.4 Å². The number of nitrogens with one attached hydrogen (secondary N) is 2. The van der Waals surface area contributed by atoms with Crippen molar-refractivity contribution in [1.82, 2.24) is 20.4 Å². The highest BCUT2D eigenvalue weighted by Gasteiger charge is 2.28. The molecule has 1 atom stereocenters. The van der Waals surface area contributed by atoms with Crippen molar-refractivity contribution in [3.8, 4) is 11.4 Å². The molecule has 8 heteroatoms. The predicted octanol–water partition coefficient (Wildman–Crippen LogP) is 4.43. The molecule has 35 heavy (non-hydrogen) atoms. The van der Waals surface area contributed by atoms with Crippen molar-refractivity contribution in [1.29, 1.82) is 0 Å². The number of benzene rings is 2. The molecule has 184 valence electrons. The van der Waals surface area contributed by atoms with E-state index in [0.29, 0.717) is 42.6 Å². The van der Waals surface area contributed by atoms with Crippen molar-refractivity contribution < 1.29 is 14.1 Å². The van der Waals surface area contributed by atoms with E-state index >= 15 is 0 Å². The highest BCUT2D eigenvalue weighted by Crippen LogP contribution is 2.23. The minimum atomic E-state index is -0.181. The van der Waals surface area contributed by atoms with Crippen LogP contribution in [0.2, 0.25) is 0 Å². The first kappa shape index (κ1) is 24.6. The Hall–Kier alpha value is -3.52. The summed E-state index contributed by atoms with van der Waals surface area (Å²) in [5, 5.41) is 10.0. The topological polar surface area (TPSA) is 100 Å². The largest absolute Gasteiger partial charge is 0.352 e. The minimum Gasteiger partial charge on any atom is -0.352 e. The third-order valence-corrected chi connectivity index (χ3v) is 6.22. The summed E-state index contributed by atoms with van der Waals surface area (Å²) in [6, 6.07) is 15.1. The van der Waals surface area contributed by atoms with Gasteiger partial charge < -0.3 is 15.2 Å². The van der Waals surface area contributed by atoms with Crippen molar-refractivity contribution in [2.45, 2.75) is 46.1 Å². The number of carbonyl (C=O) groups excluding carboxylic acids is 2. The fourth-order valence-corrected chi connectivity index (χ4v) is 4.32. The van der Waals surface area contributed by atoms with Crippen LogP contribution in [0.15, 0.2) is 53.1 Å². The van der Waals surface area contributed by atoms with Crippen molar-refractivity contribution in [2.75, 3.05) is 25.0 Å². The first-order valence-electron chi connectivity index (χ1n) is 12.3. The summed E-state index contributed by atoms with van der Waals surface area (Å²) in [6.07, 6.45) is 3.63. The normalized spacial score (nSPS) is 16.1. The summed E-state index contributed by atoms with van der Waals surface area (Å²) in [7, 11) is 0. The Balaban J connectivity index is 1.36. The molecule has 1 fully saturated rings. The van der Waals surface area contributed by atoms with Gasteiger partial charge in [0.1, 0.15) is 0 Å². The summed E-state index contributed by atoms with van der Waals surface area (Å²) >= 11 is 0. The number of nitrogens with zero attached hydrogens (tertiary/aromatic N) is 3. The summed E-state index contributed by atoms with van der Waals surface area (Å²) in [6.45, 7) is 6.69. The number of para-hydroxylation sites is 1. The summed E-state index contributed by atoms with van der Waals surface area (Å²) < 4.78 is 5.49. The lowest BCUT2D eigenvalue weighted by Gasteiger charge is -2.31. The van der Waals surface area contributed by atoms with Crippen LogP contribution in [0.25, 0.3) is 11.4 Å². The van der Waals surface area contributed by atoms with Crippen molar-refractivity contribution in [3.05, 3.63) is 65.5 Å². The Morgan fingerprint density at radius 2 is 2.03 bits per heavy atom. The molecule has 2 amide bonds. The first-order chi connectivity index (χ1) is 17.0. The van der Waals surface area contributed by atoms with Crippen LogP contribution in [0.3, 0.4) is 0 Å². The Morgan fingerprint density at radius 3 is 2.86 bits per heavy atom. The number of unbranched alkanes of at least 4 members (excludes halogenated alkanes) is 1. The molecular formula is C27H33N5O3. The Morgan fingerprint density at radius 1 is 1.17 bits per heavy atom. The maximum absolute atomic E-state index is 13.1. The van der Waals surface area contributed by atoms with Gasteiger partial charge in [0, 0.05) is 18.7 Å². The number of anilines is 1. The maximum atomic E-state index is 13.1. The fourth-order valence-electron chi connectivity index (χ4n) is 4.32. The van der Waals surface area contributed by atoms with E-state index in [9.17, 15) is 9.59 Å². The summed E-state index contributed by atoms with van der Waals surface area (Å²) in [5.41, 5.74) is 3.09. The Labute approximate surface area is 206 Å². The van der Waals surface area contributed by atoms with Crippen LogP contribution in [-0.4, -0.2) is 46.5 Å². The number of hydrogen-bond acceptors (Lipinski definition) is 6. The van der Waals surface area contributed by atoms with Crippen LogP contribution in [0.4, 0.5) is 5.69 Å². The van der Waals surface area contributed by atoms with Crippen LogP contribution >= 0.6 is 0 Å². The third-order valence-electron chi connectivity index (χ3n) is 6.22. The molecule has 2 aromatic carbocycles. The van der Waals surface area contributed by atoms with E-state index in [-0.39, 0.29) is 17.7 Å². The molecule has 1 aliphatic heterocycles. The first-order valence-corrected chi connectivity index (χ1v) is 12.3. The molecule has 0 saturated carbocycles. The lowest BCUT2D eigenvalue weighted by atomic mass is 9.96. The van der Waals surface area contributed by atoms with Gasteiger partial charge in [0.2, 0.25) is 17.6 Å². The second kappa shape index (κ2) is 11.8. The van der Waals surface area contributed by atoms with E-state index in [1.54, 1.807) is 12.1 Å². The molecule has 1 saturated heterocycles. The van der Waals surface area contributed by atoms with Gasteiger partial charge in [-0.05, 0) is 50.9 Å². The highest BCUT2D eigenvalue weighted by molar-refractivity contribution is 6.04. The predicted molar refractivity (Wildman–Crippen MR) is 135 cm³/mol. The van der Waals surface area contributed by atoms with Gasteiger partial charge >= 0.3 is 0 Å². The van der Waals surface area contributed by atoms with E-state index < -0.39 is 0 Å². The summed E-state index contributed by atoms with van der Waals surface area (Å²) in [4.78, 5) is 32.4. The molecule has 2 heterocycles. The van der Waals surface area contributed by atoms with Crippen LogP contribution in [0, 0.1) is 12.8 Å².